The molecule has 2 heterocycles. The van der Waals surface area contributed by atoms with Crippen LogP contribution in [0.25, 0.3) is 0 Å². The van der Waals surface area contributed by atoms with E-state index in [1.807, 2.05) is 55.5 Å². The maximum atomic E-state index is 9.98. The number of pyridine rings is 1. The lowest BCUT2D eigenvalue weighted by atomic mass is 10.1. The lowest BCUT2D eigenvalue weighted by Gasteiger charge is -2.22. The minimum atomic E-state index is -0.0384. The van der Waals surface area contributed by atoms with Crippen molar-refractivity contribution in [2.75, 3.05) is 18.0 Å². The van der Waals surface area contributed by atoms with Crippen LogP contribution in [0.4, 0.5) is 5.69 Å². The van der Waals surface area contributed by atoms with E-state index in [0.29, 0.717) is 5.88 Å². The van der Waals surface area contributed by atoms with E-state index >= 15 is 0 Å². The number of hydrogen-bond donors (Lipinski definition) is 1. The lowest BCUT2D eigenvalue weighted by molar-refractivity contribution is 0.214. The fourth-order valence-electron chi connectivity index (χ4n) is 3.88. The Bertz CT molecular complexity index is 1010. The number of aromatic nitrogens is 1. The number of benzene rings is 2. The average Bonchev–Trinajstić information content (AvgIpc) is 3.24. The molecule has 1 N–H and O–H groups in total. The monoisotopic (exact) mass is 404 g/mol. The predicted octanol–water partition coefficient (Wildman–Crippen LogP) is 4.89. The van der Waals surface area contributed by atoms with Crippen molar-refractivity contribution in [2.45, 2.75) is 39.4 Å². The summed E-state index contributed by atoms with van der Waals surface area (Å²) in [6.45, 7) is 5.73. The van der Waals surface area contributed by atoms with Gasteiger partial charge in [-0.05, 0) is 49.2 Å². The summed E-state index contributed by atoms with van der Waals surface area (Å²) in [5, 5.41) is 9.98. The third-order valence-electron chi connectivity index (χ3n) is 5.53. The minimum absolute atomic E-state index is 0.0384. The molecule has 0 amide bonds. The Morgan fingerprint density at radius 1 is 1.10 bits per heavy atom. The topological polar surface area (TPSA) is 54.8 Å². The number of rotatable bonds is 7. The van der Waals surface area contributed by atoms with Crippen molar-refractivity contribution >= 4 is 5.69 Å². The summed E-state index contributed by atoms with van der Waals surface area (Å²) in [4.78, 5) is 6.60. The highest BCUT2D eigenvalue weighted by Gasteiger charge is 2.26. The molecule has 156 valence electrons. The summed E-state index contributed by atoms with van der Waals surface area (Å²) in [5.74, 6) is 2.29. The first-order valence-corrected chi connectivity index (χ1v) is 10.5. The molecule has 1 saturated heterocycles. The molecule has 1 aliphatic rings. The fraction of sp³-hybridized carbons (Fsp3) is 0.320. The van der Waals surface area contributed by atoms with Crippen LogP contribution in [0.5, 0.6) is 17.4 Å². The summed E-state index contributed by atoms with van der Waals surface area (Å²) >= 11 is 0. The van der Waals surface area contributed by atoms with E-state index in [-0.39, 0.29) is 12.7 Å². The van der Waals surface area contributed by atoms with Gasteiger partial charge in [0.25, 0.3) is 0 Å². The van der Waals surface area contributed by atoms with Crippen molar-refractivity contribution in [3.05, 3.63) is 77.5 Å². The second-order valence-electron chi connectivity index (χ2n) is 7.61. The Hall–Kier alpha value is -3.05. The van der Waals surface area contributed by atoms with Crippen LogP contribution in [0.2, 0.25) is 0 Å². The molecular formula is C25H28N2O3. The quantitative estimate of drug-likeness (QED) is 0.607. The molecule has 30 heavy (non-hydrogen) atoms. The Morgan fingerprint density at radius 3 is 2.77 bits per heavy atom. The van der Waals surface area contributed by atoms with Crippen molar-refractivity contribution in [3.8, 4) is 17.4 Å². The van der Waals surface area contributed by atoms with E-state index in [0.717, 1.165) is 59.8 Å². The number of ether oxygens (including phenoxy) is 2. The number of para-hydroxylation sites is 1. The highest BCUT2D eigenvalue weighted by Crippen LogP contribution is 2.32. The molecule has 2 aromatic carbocycles. The van der Waals surface area contributed by atoms with Crippen molar-refractivity contribution in [3.63, 3.8) is 0 Å². The molecule has 1 aromatic heterocycles. The molecule has 5 nitrogen and oxygen atoms in total. The molecule has 4 rings (SSSR count). The SMILES string of the molecule is CCc1ccccc1Oc1ccc(N2CCC(Oc3ncccc3C)C2)c(CO)c1. The van der Waals surface area contributed by atoms with Crippen LogP contribution in [0.3, 0.4) is 0 Å². The van der Waals surface area contributed by atoms with E-state index in [4.69, 9.17) is 9.47 Å². The summed E-state index contributed by atoms with van der Waals surface area (Å²) in [6, 6.07) is 17.9. The molecular weight excluding hydrogens is 376 g/mol. The van der Waals surface area contributed by atoms with Crippen molar-refractivity contribution in [1.82, 2.24) is 4.98 Å². The first-order chi connectivity index (χ1) is 14.7. The largest absolute Gasteiger partial charge is 0.472 e. The average molecular weight is 405 g/mol. The van der Waals surface area contributed by atoms with Crippen molar-refractivity contribution < 1.29 is 14.6 Å². The number of aliphatic hydroxyl groups excluding tert-OH is 1. The molecule has 1 fully saturated rings. The maximum absolute atomic E-state index is 9.98. The van der Waals surface area contributed by atoms with Gasteiger partial charge in [-0.3, -0.25) is 0 Å². The summed E-state index contributed by atoms with van der Waals surface area (Å²) in [5.41, 5.74) is 4.09. The van der Waals surface area contributed by atoms with E-state index in [9.17, 15) is 5.11 Å². The Kier molecular flexibility index (Phi) is 6.19. The second-order valence-corrected chi connectivity index (χ2v) is 7.61. The Balaban J connectivity index is 1.47. The van der Waals surface area contributed by atoms with Crippen LogP contribution in [0.1, 0.15) is 30.0 Å². The Morgan fingerprint density at radius 2 is 1.97 bits per heavy atom. The molecule has 0 radical (unpaired) electrons. The van der Waals surface area contributed by atoms with Gasteiger partial charge in [0.15, 0.2) is 0 Å². The van der Waals surface area contributed by atoms with Crippen LogP contribution in [0, 0.1) is 6.92 Å². The number of hydrogen-bond acceptors (Lipinski definition) is 5. The third kappa shape index (κ3) is 4.41. The molecule has 1 unspecified atom stereocenters. The van der Waals surface area contributed by atoms with E-state index in [2.05, 4.69) is 22.9 Å². The van der Waals surface area contributed by atoms with Crippen LogP contribution in [-0.2, 0) is 13.0 Å². The molecule has 1 atom stereocenters. The second kappa shape index (κ2) is 9.18. The minimum Gasteiger partial charge on any atom is -0.472 e. The van der Waals surface area contributed by atoms with Gasteiger partial charge in [0.05, 0.1) is 13.2 Å². The third-order valence-corrected chi connectivity index (χ3v) is 5.53. The molecule has 0 bridgehead atoms. The van der Waals surface area contributed by atoms with Gasteiger partial charge >= 0.3 is 0 Å². The highest BCUT2D eigenvalue weighted by atomic mass is 16.5. The van der Waals surface area contributed by atoms with Crippen LogP contribution in [0.15, 0.2) is 60.8 Å². The predicted molar refractivity (Wildman–Crippen MR) is 118 cm³/mol. The van der Waals surface area contributed by atoms with Gasteiger partial charge in [0.1, 0.15) is 17.6 Å². The molecule has 0 saturated carbocycles. The first kappa shape index (κ1) is 20.2. The first-order valence-electron chi connectivity index (χ1n) is 10.5. The number of nitrogens with zero attached hydrogens (tertiary/aromatic N) is 2. The van der Waals surface area contributed by atoms with Gasteiger partial charge in [-0.15, -0.1) is 0 Å². The Labute approximate surface area is 177 Å². The van der Waals surface area contributed by atoms with Crippen LogP contribution < -0.4 is 14.4 Å². The van der Waals surface area contributed by atoms with Gasteiger partial charge < -0.3 is 19.5 Å². The smallest absolute Gasteiger partial charge is 0.216 e. The summed E-state index contributed by atoms with van der Waals surface area (Å²) < 4.78 is 12.2. The van der Waals surface area contributed by atoms with Crippen molar-refractivity contribution in [1.29, 1.82) is 0 Å². The number of aliphatic hydroxyl groups is 1. The van der Waals surface area contributed by atoms with Crippen LogP contribution >= 0.6 is 0 Å². The molecule has 3 aromatic rings. The summed E-state index contributed by atoms with van der Waals surface area (Å²) in [7, 11) is 0. The normalized spacial score (nSPS) is 16.0. The zero-order chi connectivity index (χ0) is 20.9. The lowest BCUT2D eigenvalue weighted by Crippen LogP contribution is -2.25. The molecule has 0 aliphatic carbocycles. The highest BCUT2D eigenvalue weighted by molar-refractivity contribution is 5.57. The van der Waals surface area contributed by atoms with Crippen LogP contribution in [-0.4, -0.2) is 29.3 Å². The van der Waals surface area contributed by atoms with Gasteiger partial charge in [0.2, 0.25) is 5.88 Å². The van der Waals surface area contributed by atoms with Gasteiger partial charge in [-0.1, -0.05) is 31.2 Å². The fourth-order valence-corrected chi connectivity index (χ4v) is 3.88. The zero-order valence-corrected chi connectivity index (χ0v) is 17.5. The number of anilines is 1. The van der Waals surface area contributed by atoms with E-state index < -0.39 is 0 Å². The van der Waals surface area contributed by atoms with Gasteiger partial charge in [-0.2, -0.15) is 0 Å². The number of aryl methyl sites for hydroxylation is 2. The van der Waals surface area contributed by atoms with E-state index in [1.165, 1.54) is 0 Å². The van der Waals surface area contributed by atoms with Gasteiger partial charge in [-0.25, -0.2) is 4.98 Å². The molecule has 1 aliphatic heterocycles. The zero-order valence-electron chi connectivity index (χ0n) is 17.5. The van der Waals surface area contributed by atoms with E-state index in [1.54, 1.807) is 6.20 Å². The maximum Gasteiger partial charge on any atom is 0.216 e. The molecule has 5 heteroatoms. The standard InChI is InChI=1S/C25H28N2O3/c1-3-19-8-4-5-9-24(19)29-21-10-11-23(20(15-21)17-28)27-14-12-22(16-27)30-25-18(2)7-6-13-26-25/h4-11,13,15,22,28H,3,12,14,16-17H2,1-2H3. The van der Waals surface area contributed by atoms with Gasteiger partial charge in [0, 0.05) is 36.0 Å². The van der Waals surface area contributed by atoms with Crippen molar-refractivity contribution in [2.24, 2.45) is 0 Å². The molecule has 0 spiro atoms. The summed E-state index contributed by atoms with van der Waals surface area (Å²) in [6.07, 6.45) is 3.67.